The third kappa shape index (κ3) is 3.37. The second kappa shape index (κ2) is 7.61. The van der Waals surface area contributed by atoms with Gasteiger partial charge < -0.3 is 14.2 Å². The van der Waals surface area contributed by atoms with Crippen LogP contribution in [0.15, 0.2) is 47.0 Å². The van der Waals surface area contributed by atoms with Crippen molar-refractivity contribution in [3.05, 3.63) is 70.4 Å². The number of amides is 1. The van der Waals surface area contributed by atoms with Crippen LogP contribution in [-0.4, -0.2) is 40.6 Å². The van der Waals surface area contributed by atoms with Gasteiger partial charge >= 0.3 is 0 Å². The lowest BCUT2D eigenvalue weighted by molar-refractivity contribution is 0.0468. The van der Waals surface area contributed by atoms with Gasteiger partial charge in [0.05, 0.1) is 17.8 Å². The zero-order valence-corrected chi connectivity index (χ0v) is 17.4. The van der Waals surface area contributed by atoms with Crippen molar-refractivity contribution in [2.24, 2.45) is 0 Å². The molecule has 1 fully saturated rings. The average Bonchev–Trinajstić information content (AvgIpc) is 3.21. The van der Waals surface area contributed by atoms with Gasteiger partial charge in [-0.1, -0.05) is 41.1 Å². The molecule has 3 heterocycles. The number of benzene rings is 2. The Labute approximate surface area is 176 Å². The smallest absolute Gasteiger partial charge is 0.277 e. The van der Waals surface area contributed by atoms with Gasteiger partial charge in [-0.3, -0.25) is 9.69 Å². The topological polar surface area (TPSA) is 58.8 Å². The number of ether oxygens (including phenoxy) is 1. The quantitative estimate of drug-likeness (QED) is 0.657. The van der Waals surface area contributed by atoms with E-state index in [2.05, 4.69) is 42.1 Å². The Bertz CT molecular complexity index is 1100. The summed E-state index contributed by atoms with van der Waals surface area (Å²) >= 11 is 0. The van der Waals surface area contributed by atoms with Crippen molar-refractivity contribution in [1.29, 1.82) is 0 Å². The molecule has 6 heteroatoms. The molecule has 1 amide bonds. The zero-order valence-electron chi connectivity index (χ0n) is 17.4. The molecule has 6 nitrogen and oxygen atoms in total. The van der Waals surface area contributed by atoms with Crippen LogP contribution in [-0.2, 0) is 13.2 Å². The van der Waals surface area contributed by atoms with Gasteiger partial charge in [0.1, 0.15) is 12.4 Å². The van der Waals surface area contributed by atoms with Crippen molar-refractivity contribution in [3.8, 4) is 17.1 Å². The Kier molecular flexibility index (Phi) is 4.79. The van der Waals surface area contributed by atoms with Gasteiger partial charge in [-0.25, -0.2) is 0 Å². The highest BCUT2D eigenvalue weighted by atomic mass is 16.5. The fourth-order valence-electron chi connectivity index (χ4n) is 4.28. The van der Waals surface area contributed by atoms with Gasteiger partial charge in [-0.15, -0.1) is 0 Å². The molecule has 0 atom stereocenters. The normalized spacial score (nSPS) is 16.0. The molecular formula is C24H25N3O3. The lowest BCUT2D eigenvalue weighted by Gasteiger charge is -2.35. The third-order valence-electron chi connectivity index (χ3n) is 5.95. The molecule has 0 N–H and O–H groups in total. The van der Waals surface area contributed by atoms with E-state index in [-0.39, 0.29) is 5.91 Å². The number of aryl methyl sites for hydroxylation is 2. The van der Waals surface area contributed by atoms with Crippen LogP contribution in [0.3, 0.4) is 0 Å². The van der Waals surface area contributed by atoms with Crippen LogP contribution in [0.5, 0.6) is 5.75 Å². The summed E-state index contributed by atoms with van der Waals surface area (Å²) < 4.78 is 11.4. The Morgan fingerprint density at radius 3 is 2.90 bits per heavy atom. The number of hydrogen-bond acceptors (Lipinski definition) is 5. The fourth-order valence-corrected chi connectivity index (χ4v) is 4.28. The first-order chi connectivity index (χ1) is 14.6. The molecule has 5 rings (SSSR count). The van der Waals surface area contributed by atoms with E-state index >= 15 is 0 Å². The van der Waals surface area contributed by atoms with Crippen LogP contribution >= 0.6 is 0 Å². The van der Waals surface area contributed by atoms with Gasteiger partial charge in [0.2, 0.25) is 0 Å². The average molecular weight is 403 g/mol. The molecule has 30 heavy (non-hydrogen) atoms. The van der Waals surface area contributed by atoms with Gasteiger partial charge in [-0.05, 0) is 43.5 Å². The molecule has 0 aliphatic carbocycles. The number of nitrogens with zero attached hydrogens (tertiary/aromatic N) is 3. The zero-order chi connectivity index (χ0) is 20.7. The lowest BCUT2D eigenvalue weighted by atomic mass is 10.0. The molecule has 1 saturated heterocycles. The lowest BCUT2D eigenvalue weighted by Crippen LogP contribution is -2.47. The standard InChI is InChI=1S/C24H25N3O3/c1-16-8-9-17(2)18(12-16)13-26-10-5-11-27(15-26)24(28)22-20-14-29-21-7-4-3-6-19(21)23(20)30-25-22/h3-4,6-9,12H,5,10-11,13-15H2,1-2H3. The monoisotopic (exact) mass is 403 g/mol. The minimum atomic E-state index is -0.0892. The summed E-state index contributed by atoms with van der Waals surface area (Å²) in [5.74, 6) is 1.32. The third-order valence-corrected chi connectivity index (χ3v) is 5.95. The van der Waals surface area contributed by atoms with E-state index in [4.69, 9.17) is 9.26 Å². The Hall–Kier alpha value is -3.12. The van der Waals surface area contributed by atoms with Crippen molar-refractivity contribution in [2.45, 2.75) is 33.4 Å². The van der Waals surface area contributed by atoms with Gasteiger partial charge in [-0.2, -0.15) is 0 Å². The van der Waals surface area contributed by atoms with Crippen LogP contribution in [0.2, 0.25) is 0 Å². The SMILES string of the molecule is Cc1ccc(C)c(CN2CCCN(C(=O)c3noc4c3COc3ccccc3-4)C2)c1. The predicted octanol–water partition coefficient (Wildman–Crippen LogP) is 4.16. The highest BCUT2D eigenvalue weighted by Crippen LogP contribution is 2.38. The fraction of sp³-hybridized carbons (Fsp3) is 0.333. The summed E-state index contributed by atoms with van der Waals surface area (Å²) in [6, 6.07) is 14.2. The first-order valence-electron chi connectivity index (χ1n) is 10.4. The maximum absolute atomic E-state index is 13.3. The molecule has 0 spiro atoms. The van der Waals surface area contributed by atoms with E-state index < -0.39 is 0 Å². The number of rotatable bonds is 3. The first kappa shape index (κ1) is 18.9. The van der Waals surface area contributed by atoms with Crippen molar-refractivity contribution >= 4 is 5.91 Å². The van der Waals surface area contributed by atoms with E-state index in [0.29, 0.717) is 24.7 Å². The Balaban J connectivity index is 1.35. The molecule has 2 aromatic carbocycles. The van der Waals surface area contributed by atoms with Gasteiger partial charge in [0.25, 0.3) is 5.91 Å². The van der Waals surface area contributed by atoms with Gasteiger partial charge in [0, 0.05) is 19.6 Å². The van der Waals surface area contributed by atoms with E-state index in [9.17, 15) is 4.79 Å². The molecule has 154 valence electrons. The maximum atomic E-state index is 13.3. The molecule has 2 aliphatic heterocycles. The molecule has 0 bridgehead atoms. The first-order valence-corrected chi connectivity index (χ1v) is 10.4. The van der Waals surface area contributed by atoms with Crippen molar-refractivity contribution in [2.75, 3.05) is 19.8 Å². The molecule has 0 saturated carbocycles. The number of carbonyl (C=O) groups excluding carboxylic acids is 1. The van der Waals surface area contributed by atoms with Crippen LogP contribution in [0.4, 0.5) is 0 Å². The summed E-state index contributed by atoms with van der Waals surface area (Å²) in [6.45, 7) is 7.68. The van der Waals surface area contributed by atoms with E-state index in [1.54, 1.807) is 0 Å². The van der Waals surface area contributed by atoms with E-state index in [0.717, 1.165) is 42.9 Å². The molecular weight excluding hydrogens is 378 g/mol. The van der Waals surface area contributed by atoms with E-state index in [1.165, 1.54) is 16.7 Å². The molecule has 2 aliphatic rings. The molecule has 1 aromatic heterocycles. The van der Waals surface area contributed by atoms with Crippen LogP contribution in [0, 0.1) is 13.8 Å². The maximum Gasteiger partial charge on any atom is 0.277 e. The molecule has 0 radical (unpaired) electrons. The Morgan fingerprint density at radius 1 is 1.13 bits per heavy atom. The summed E-state index contributed by atoms with van der Waals surface area (Å²) in [4.78, 5) is 17.5. The number of hydrogen-bond donors (Lipinski definition) is 0. The molecule has 3 aromatic rings. The van der Waals surface area contributed by atoms with E-state index in [1.807, 2.05) is 29.2 Å². The molecule has 0 unspecified atom stereocenters. The largest absolute Gasteiger partial charge is 0.488 e. The predicted molar refractivity (Wildman–Crippen MR) is 113 cm³/mol. The van der Waals surface area contributed by atoms with Crippen molar-refractivity contribution in [3.63, 3.8) is 0 Å². The number of carbonyl (C=O) groups is 1. The number of para-hydroxylation sites is 1. The number of fused-ring (bicyclic) bond motifs is 3. The van der Waals surface area contributed by atoms with Crippen molar-refractivity contribution < 1.29 is 14.1 Å². The van der Waals surface area contributed by atoms with Crippen molar-refractivity contribution in [1.82, 2.24) is 15.0 Å². The Morgan fingerprint density at radius 2 is 2.00 bits per heavy atom. The van der Waals surface area contributed by atoms with Crippen LogP contribution < -0.4 is 4.74 Å². The number of aromatic nitrogens is 1. The van der Waals surface area contributed by atoms with Gasteiger partial charge in [0.15, 0.2) is 11.5 Å². The summed E-state index contributed by atoms with van der Waals surface area (Å²) in [5, 5.41) is 4.14. The highest BCUT2D eigenvalue weighted by molar-refractivity contribution is 5.95. The second-order valence-electron chi connectivity index (χ2n) is 8.17. The second-order valence-corrected chi connectivity index (χ2v) is 8.17. The summed E-state index contributed by atoms with van der Waals surface area (Å²) in [7, 11) is 0. The highest BCUT2D eigenvalue weighted by Gasteiger charge is 2.32. The minimum absolute atomic E-state index is 0.0892. The van der Waals surface area contributed by atoms with Crippen LogP contribution in [0.1, 0.15) is 39.2 Å². The summed E-state index contributed by atoms with van der Waals surface area (Å²) in [6.07, 6.45) is 0.940. The van der Waals surface area contributed by atoms with Crippen LogP contribution in [0.25, 0.3) is 11.3 Å². The minimum Gasteiger partial charge on any atom is -0.488 e. The summed E-state index contributed by atoms with van der Waals surface area (Å²) in [5.41, 5.74) is 5.81.